The van der Waals surface area contributed by atoms with Gasteiger partial charge in [0.25, 0.3) is 0 Å². The van der Waals surface area contributed by atoms with Crippen molar-refractivity contribution in [1.29, 1.82) is 0 Å². The first-order chi connectivity index (χ1) is 9.08. The molecule has 2 atom stereocenters. The first kappa shape index (κ1) is 15.3. The Kier molecular flexibility index (Phi) is 5.30. The average Bonchev–Trinajstić information content (AvgIpc) is 2.88. The summed E-state index contributed by atoms with van der Waals surface area (Å²) in [5.74, 6) is 0. The summed E-state index contributed by atoms with van der Waals surface area (Å²) in [4.78, 5) is 0.731. The molecular weight excluding hydrogens is 302 g/mol. The number of aliphatic hydroxyl groups is 1. The third-order valence-corrected chi connectivity index (χ3v) is 7.23. The minimum atomic E-state index is -3.52. The maximum absolute atomic E-state index is 12.4. The van der Waals surface area contributed by atoms with E-state index in [2.05, 4.69) is 4.72 Å². The van der Waals surface area contributed by atoms with Crippen molar-refractivity contribution in [2.45, 2.75) is 48.5 Å². The molecule has 0 radical (unpaired) electrons. The number of aliphatic hydroxyl groups excluding tert-OH is 1. The van der Waals surface area contributed by atoms with Crippen LogP contribution in [0.1, 0.15) is 30.6 Å². The molecular formula is C12H19NO3S3. The third-order valence-electron chi connectivity index (χ3n) is 3.45. The van der Waals surface area contributed by atoms with Crippen molar-refractivity contribution in [3.8, 4) is 0 Å². The van der Waals surface area contributed by atoms with E-state index in [0.29, 0.717) is 10.1 Å². The van der Waals surface area contributed by atoms with E-state index < -0.39 is 10.0 Å². The fourth-order valence-corrected chi connectivity index (χ4v) is 6.09. The van der Waals surface area contributed by atoms with Crippen LogP contribution < -0.4 is 4.72 Å². The molecule has 0 spiro atoms. The molecule has 0 aliphatic heterocycles. The number of nitrogens with one attached hydrogen (secondary N) is 1. The molecule has 1 aliphatic rings. The predicted molar refractivity (Wildman–Crippen MR) is 80.1 cm³/mol. The Morgan fingerprint density at radius 3 is 2.89 bits per heavy atom. The summed E-state index contributed by atoms with van der Waals surface area (Å²) in [6.07, 6.45) is 6.22. The van der Waals surface area contributed by atoms with Gasteiger partial charge in [0.05, 0.1) is 11.5 Å². The van der Waals surface area contributed by atoms with Crippen LogP contribution in [-0.2, 0) is 16.6 Å². The van der Waals surface area contributed by atoms with Gasteiger partial charge in [0.2, 0.25) is 10.0 Å². The van der Waals surface area contributed by atoms with Crippen molar-refractivity contribution in [2.75, 3.05) is 6.26 Å². The van der Waals surface area contributed by atoms with Gasteiger partial charge in [0.15, 0.2) is 0 Å². The van der Waals surface area contributed by atoms with Crippen molar-refractivity contribution in [2.24, 2.45) is 0 Å². The molecule has 0 aromatic carbocycles. The molecule has 1 aliphatic carbocycles. The molecule has 1 saturated carbocycles. The van der Waals surface area contributed by atoms with Crippen LogP contribution in [0.5, 0.6) is 0 Å². The fourth-order valence-electron chi connectivity index (χ4n) is 2.46. The Hall–Kier alpha value is -0.0800. The second-order valence-electron chi connectivity index (χ2n) is 4.65. The maximum Gasteiger partial charge on any atom is 0.242 e. The summed E-state index contributed by atoms with van der Waals surface area (Å²) < 4.78 is 27.6. The van der Waals surface area contributed by atoms with E-state index in [1.807, 2.05) is 6.26 Å². The van der Waals surface area contributed by atoms with Gasteiger partial charge in [0.1, 0.15) is 0 Å². The van der Waals surface area contributed by atoms with Gasteiger partial charge in [-0.2, -0.15) is 11.8 Å². The summed E-state index contributed by atoms with van der Waals surface area (Å²) in [5, 5.41) is 11.2. The quantitative estimate of drug-likeness (QED) is 0.872. The summed E-state index contributed by atoms with van der Waals surface area (Å²) in [5.41, 5.74) is 0. The number of sulfonamides is 1. The molecule has 108 valence electrons. The Morgan fingerprint density at radius 1 is 1.47 bits per heavy atom. The topological polar surface area (TPSA) is 66.4 Å². The standard InChI is InChI=1S/C12H19NO3S3/c1-17-10-5-3-2-4-9(10)13-19(15,16)12-6-7-18-11(12)8-14/h6-7,9-10,13-14H,2-5,8H2,1H3. The average molecular weight is 321 g/mol. The van der Waals surface area contributed by atoms with Crippen LogP contribution >= 0.6 is 23.1 Å². The SMILES string of the molecule is CSC1CCCCC1NS(=O)(=O)c1ccsc1CO. The third kappa shape index (κ3) is 3.52. The molecule has 1 aromatic heterocycles. The molecule has 2 N–H and O–H groups in total. The number of hydrogen-bond donors (Lipinski definition) is 2. The first-order valence-electron chi connectivity index (χ1n) is 6.31. The Morgan fingerprint density at radius 2 is 2.21 bits per heavy atom. The zero-order valence-electron chi connectivity index (χ0n) is 10.8. The molecule has 19 heavy (non-hydrogen) atoms. The van der Waals surface area contributed by atoms with Gasteiger partial charge < -0.3 is 5.11 Å². The minimum absolute atomic E-state index is 0.000179. The van der Waals surface area contributed by atoms with Crippen LogP contribution in [0.25, 0.3) is 0 Å². The maximum atomic E-state index is 12.4. The number of rotatable bonds is 5. The van der Waals surface area contributed by atoms with Gasteiger partial charge in [-0.3, -0.25) is 0 Å². The van der Waals surface area contributed by atoms with E-state index in [1.54, 1.807) is 23.2 Å². The molecule has 1 fully saturated rings. The number of thioether (sulfide) groups is 1. The molecule has 1 heterocycles. The monoisotopic (exact) mass is 321 g/mol. The van der Waals surface area contributed by atoms with Gasteiger partial charge in [-0.15, -0.1) is 11.3 Å². The highest BCUT2D eigenvalue weighted by atomic mass is 32.2. The lowest BCUT2D eigenvalue weighted by atomic mass is 9.96. The van der Waals surface area contributed by atoms with Crippen LogP contribution in [0.15, 0.2) is 16.3 Å². The van der Waals surface area contributed by atoms with Gasteiger partial charge in [0, 0.05) is 16.2 Å². The van der Waals surface area contributed by atoms with Crippen molar-refractivity contribution >= 4 is 33.1 Å². The molecule has 7 heteroatoms. The molecule has 4 nitrogen and oxygen atoms in total. The zero-order valence-corrected chi connectivity index (χ0v) is 13.3. The highest BCUT2D eigenvalue weighted by Crippen LogP contribution is 2.29. The minimum Gasteiger partial charge on any atom is -0.391 e. The zero-order chi connectivity index (χ0) is 13.9. The predicted octanol–water partition coefficient (Wildman–Crippen LogP) is 2.19. The molecule has 0 bridgehead atoms. The lowest BCUT2D eigenvalue weighted by Gasteiger charge is -2.30. The largest absolute Gasteiger partial charge is 0.391 e. The van der Waals surface area contributed by atoms with Crippen molar-refractivity contribution < 1.29 is 13.5 Å². The normalized spacial score (nSPS) is 24.5. The van der Waals surface area contributed by atoms with E-state index in [0.717, 1.165) is 19.3 Å². The van der Waals surface area contributed by atoms with Crippen LogP contribution in [-0.4, -0.2) is 31.1 Å². The Balaban J connectivity index is 2.16. The molecule has 0 amide bonds. The van der Waals surface area contributed by atoms with Crippen LogP contribution in [0.4, 0.5) is 0 Å². The van der Waals surface area contributed by atoms with E-state index in [9.17, 15) is 13.5 Å². The lowest BCUT2D eigenvalue weighted by Crippen LogP contribution is -2.43. The number of thiophene rings is 1. The summed E-state index contributed by atoms with van der Waals surface area (Å²) in [6, 6.07) is 1.57. The molecule has 0 saturated heterocycles. The Bertz CT molecular complexity index is 512. The van der Waals surface area contributed by atoms with Crippen LogP contribution in [0.2, 0.25) is 0 Å². The van der Waals surface area contributed by atoms with E-state index >= 15 is 0 Å². The van der Waals surface area contributed by atoms with Crippen LogP contribution in [0, 0.1) is 0 Å². The highest BCUT2D eigenvalue weighted by molar-refractivity contribution is 7.99. The fraction of sp³-hybridized carbons (Fsp3) is 0.667. The van der Waals surface area contributed by atoms with Gasteiger partial charge in [-0.05, 0) is 30.5 Å². The number of hydrogen-bond acceptors (Lipinski definition) is 5. The van der Waals surface area contributed by atoms with Crippen molar-refractivity contribution in [3.05, 3.63) is 16.3 Å². The van der Waals surface area contributed by atoms with E-state index in [1.165, 1.54) is 17.8 Å². The smallest absolute Gasteiger partial charge is 0.242 e. The van der Waals surface area contributed by atoms with Gasteiger partial charge in [-0.1, -0.05) is 12.8 Å². The summed E-state index contributed by atoms with van der Waals surface area (Å²) in [7, 11) is -3.52. The van der Waals surface area contributed by atoms with E-state index in [4.69, 9.17) is 0 Å². The lowest BCUT2D eigenvalue weighted by molar-refractivity contribution is 0.282. The van der Waals surface area contributed by atoms with Crippen molar-refractivity contribution in [3.63, 3.8) is 0 Å². The Labute approximate surface area is 122 Å². The summed E-state index contributed by atoms with van der Waals surface area (Å²) in [6.45, 7) is -0.232. The molecule has 2 rings (SSSR count). The first-order valence-corrected chi connectivity index (χ1v) is 9.96. The van der Waals surface area contributed by atoms with Gasteiger partial charge >= 0.3 is 0 Å². The van der Waals surface area contributed by atoms with Crippen molar-refractivity contribution in [1.82, 2.24) is 4.72 Å². The second kappa shape index (κ2) is 6.58. The molecule has 2 unspecified atom stereocenters. The molecule has 1 aromatic rings. The van der Waals surface area contributed by atoms with Crippen LogP contribution in [0.3, 0.4) is 0 Å². The second-order valence-corrected chi connectivity index (χ2v) is 8.41. The summed E-state index contributed by atoms with van der Waals surface area (Å²) >= 11 is 3.00. The van der Waals surface area contributed by atoms with E-state index in [-0.39, 0.29) is 17.5 Å². The van der Waals surface area contributed by atoms with Gasteiger partial charge in [-0.25, -0.2) is 13.1 Å². The highest BCUT2D eigenvalue weighted by Gasteiger charge is 2.30.